The molecule has 4 nitrogen and oxygen atoms in total. The first kappa shape index (κ1) is 14.1. The highest BCUT2D eigenvalue weighted by atomic mass is 16.5. The molecule has 0 aromatic rings. The Morgan fingerprint density at radius 2 is 2.10 bits per heavy atom. The molecule has 20 heavy (non-hydrogen) atoms. The number of amides is 1. The molecule has 3 saturated heterocycles. The van der Waals surface area contributed by atoms with E-state index in [9.17, 15) is 4.79 Å². The average Bonchev–Trinajstić information content (AvgIpc) is 3.09. The number of hydrogen-bond donors (Lipinski definition) is 0. The van der Waals surface area contributed by atoms with Gasteiger partial charge in [-0.05, 0) is 25.7 Å². The van der Waals surface area contributed by atoms with Crippen LogP contribution in [0.3, 0.4) is 0 Å². The molecule has 3 fully saturated rings. The maximum Gasteiger partial charge on any atom is 0.223 e. The van der Waals surface area contributed by atoms with Gasteiger partial charge in [0.15, 0.2) is 0 Å². The van der Waals surface area contributed by atoms with Crippen molar-refractivity contribution in [2.45, 2.75) is 44.2 Å². The van der Waals surface area contributed by atoms with Gasteiger partial charge in [-0.1, -0.05) is 6.08 Å². The lowest BCUT2D eigenvalue weighted by Gasteiger charge is -2.37. The number of nitrogens with zero attached hydrogens (tertiary/aromatic N) is 2. The minimum atomic E-state index is 0.326. The molecule has 4 heteroatoms. The Kier molecular flexibility index (Phi) is 4.41. The summed E-state index contributed by atoms with van der Waals surface area (Å²) < 4.78 is 5.71. The normalized spacial score (nSPS) is 33.0. The molecule has 0 N–H and O–H groups in total. The van der Waals surface area contributed by atoms with Gasteiger partial charge in [0.05, 0.1) is 6.10 Å². The van der Waals surface area contributed by atoms with Crippen molar-refractivity contribution >= 4 is 5.91 Å². The third-order valence-corrected chi connectivity index (χ3v) is 5.01. The monoisotopic (exact) mass is 278 g/mol. The Hall–Kier alpha value is -0.870. The fourth-order valence-electron chi connectivity index (χ4n) is 3.76. The van der Waals surface area contributed by atoms with E-state index in [-0.39, 0.29) is 0 Å². The van der Waals surface area contributed by atoms with E-state index >= 15 is 0 Å². The summed E-state index contributed by atoms with van der Waals surface area (Å²) >= 11 is 0. The summed E-state index contributed by atoms with van der Waals surface area (Å²) in [7, 11) is 0. The number of carbonyl (C=O) groups is 1. The van der Waals surface area contributed by atoms with Crippen molar-refractivity contribution in [1.82, 2.24) is 9.80 Å². The second-order valence-electron chi connectivity index (χ2n) is 6.41. The van der Waals surface area contributed by atoms with Crippen molar-refractivity contribution in [2.24, 2.45) is 5.92 Å². The van der Waals surface area contributed by atoms with Crippen LogP contribution in [0.15, 0.2) is 12.7 Å². The Bertz CT molecular complexity index is 357. The van der Waals surface area contributed by atoms with Crippen molar-refractivity contribution in [3.63, 3.8) is 0 Å². The van der Waals surface area contributed by atoms with Crippen LogP contribution in [-0.4, -0.2) is 60.6 Å². The molecule has 2 atom stereocenters. The molecule has 2 unspecified atom stereocenters. The second kappa shape index (κ2) is 6.27. The highest BCUT2D eigenvalue weighted by Gasteiger charge is 2.35. The van der Waals surface area contributed by atoms with Gasteiger partial charge in [0.25, 0.3) is 0 Å². The molecule has 0 saturated carbocycles. The molecular formula is C16H26N2O2. The lowest BCUT2D eigenvalue weighted by Crippen LogP contribution is -2.47. The molecule has 0 aromatic carbocycles. The molecule has 3 rings (SSSR count). The minimum Gasteiger partial charge on any atom is -0.377 e. The average molecular weight is 278 g/mol. The van der Waals surface area contributed by atoms with E-state index in [0.717, 1.165) is 45.6 Å². The quantitative estimate of drug-likeness (QED) is 0.733. The van der Waals surface area contributed by atoms with E-state index in [0.29, 0.717) is 30.4 Å². The van der Waals surface area contributed by atoms with Crippen LogP contribution in [0.5, 0.6) is 0 Å². The van der Waals surface area contributed by atoms with Gasteiger partial charge in [0, 0.05) is 51.2 Å². The summed E-state index contributed by atoms with van der Waals surface area (Å²) in [6, 6.07) is 0.452. The van der Waals surface area contributed by atoms with Gasteiger partial charge in [-0.3, -0.25) is 4.79 Å². The van der Waals surface area contributed by atoms with Crippen molar-refractivity contribution in [3.05, 3.63) is 12.7 Å². The zero-order valence-corrected chi connectivity index (χ0v) is 12.3. The molecule has 0 aliphatic carbocycles. The number of likely N-dealkylation sites (tertiary alicyclic amines) is 2. The van der Waals surface area contributed by atoms with Crippen LogP contribution >= 0.6 is 0 Å². The number of ether oxygens (including phenoxy) is 1. The van der Waals surface area contributed by atoms with Gasteiger partial charge in [-0.25, -0.2) is 0 Å². The first-order valence-electron chi connectivity index (χ1n) is 8.02. The van der Waals surface area contributed by atoms with Crippen LogP contribution in [0.4, 0.5) is 0 Å². The minimum absolute atomic E-state index is 0.326. The lowest BCUT2D eigenvalue weighted by molar-refractivity contribution is -0.130. The first-order chi connectivity index (χ1) is 9.76. The number of hydrogen-bond acceptors (Lipinski definition) is 3. The number of carbonyl (C=O) groups excluding carboxylic acids is 1. The van der Waals surface area contributed by atoms with E-state index in [4.69, 9.17) is 4.74 Å². The van der Waals surface area contributed by atoms with E-state index in [1.807, 2.05) is 6.08 Å². The maximum absolute atomic E-state index is 12.0. The topological polar surface area (TPSA) is 32.8 Å². The summed E-state index contributed by atoms with van der Waals surface area (Å²) in [5.74, 6) is 0.694. The molecule has 0 radical (unpaired) electrons. The summed E-state index contributed by atoms with van der Waals surface area (Å²) in [4.78, 5) is 16.7. The van der Waals surface area contributed by atoms with Gasteiger partial charge < -0.3 is 14.5 Å². The highest BCUT2D eigenvalue weighted by Crippen LogP contribution is 2.26. The molecular weight excluding hydrogens is 252 g/mol. The molecule has 3 heterocycles. The van der Waals surface area contributed by atoms with Crippen LogP contribution in [-0.2, 0) is 9.53 Å². The van der Waals surface area contributed by atoms with Crippen LogP contribution in [0, 0.1) is 5.92 Å². The first-order valence-corrected chi connectivity index (χ1v) is 8.02. The third kappa shape index (κ3) is 3.07. The molecule has 0 spiro atoms. The number of piperidine rings is 1. The predicted octanol–water partition coefficient (Wildman–Crippen LogP) is 1.66. The van der Waals surface area contributed by atoms with Crippen LogP contribution in [0.1, 0.15) is 32.1 Å². The van der Waals surface area contributed by atoms with Crippen LogP contribution < -0.4 is 0 Å². The van der Waals surface area contributed by atoms with E-state index < -0.39 is 0 Å². The van der Waals surface area contributed by atoms with Gasteiger partial charge in [0.1, 0.15) is 0 Å². The summed E-state index contributed by atoms with van der Waals surface area (Å²) in [5, 5.41) is 0. The van der Waals surface area contributed by atoms with Crippen LogP contribution in [0.2, 0.25) is 0 Å². The fourth-order valence-corrected chi connectivity index (χ4v) is 3.76. The largest absolute Gasteiger partial charge is 0.377 e. The fraction of sp³-hybridized carbons (Fsp3) is 0.812. The smallest absolute Gasteiger partial charge is 0.223 e. The molecule has 0 aromatic heterocycles. The van der Waals surface area contributed by atoms with E-state index in [2.05, 4.69) is 16.4 Å². The van der Waals surface area contributed by atoms with E-state index in [1.165, 1.54) is 12.8 Å². The zero-order chi connectivity index (χ0) is 13.9. The SMILES string of the molecule is C=CC1CC(=O)N(C2CCN(CC3CCCO3)CC2)C1. The Morgan fingerprint density at radius 1 is 1.30 bits per heavy atom. The van der Waals surface area contributed by atoms with E-state index in [1.54, 1.807) is 0 Å². The molecule has 1 amide bonds. The van der Waals surface area contributed by atoms with Gasteiger partial charge in [0.2, 0.25) is 5.91 Å². The Balaban J connectivity index is 1.46. The van der Waals surface area contributed by atoms with Gasteiger partial charge >= 0.3 is 0 Å². The molecule has 3 aliphatic heterocycles. The van der Waals surface area contributed by atoms with Gasteiger partial charge in [-0.15, -0.1) is 6.58 Å². The van der Waals surface area contributed by atoms with Crippen molar-refractivity contribution < 1.29 is 9.53 Å². The molecule has 112 valence electrons. The van der Waals surface area contributed by atoms with Crippen LogP contribution in [0.25, 0.3) is 0 Å². The summed E-state index contributed by atoms with van der Waals surface area (Å²) in [6.45, 7) is 8.94. The van der Waals surface area contributed by atoms with Crippen molar-refractivity contribution in [2.75, 3.05) is 32.8 Å². The zero-order valence-electron chi connectivity index (χ0n) is 12.3. The molecule has 3 aliphatic rings. The van der Waals surface area contributed by atoms with Crippen molar-refractivity contribution in [3.8, 4) is 0 Å². The standard InChI is InChI=1S/C16H26N2O2/c1-2-13-10-16(19)18(11-13)14-5-7-17(8-6-14)12-15-4-3-9-20-15/h2,13-15H,1,3-12H2. The summed E-state index contributed by atoms with van der Waals surface area (Å²) in [5.41, 5.74) is 0. The highest BCUT2D eigenvalue weighted by molar-refractivity contribution is 5.79. The van der Waals surface area contributed by atoms with Gasteiger partial charge in [-0.2, -0.15) is 0 Å². The number of rotatable bonds is 4. The summed E-state index contributed by atoms with van der Waals surface area (Å²) in [6.07, 6.45) is 7.71. The lowest BCUT2D eigenvalue weighted by atomic mass is 10.0. The third-order valence-electron chi connectivity index (χ3n) is 5.01. The Labute approximate surface area is 121 Å². The van der Waals surface area contributed by atoms with Crippen molar-refractivity contribution in [1.29, 1.82) is 0 Å². The maximum atomic E-state index is 12.0. The Morgan fingerprint density at radius 3 is 2.70 bits per heavy atom. The molecule has 0 bridgehead atoms. The second-order valence-corrected chi connectivity index (χ2v) is 6.41. The predicted molar refractivity (Wildman–Crippen MR) is 78.5 cm³/mol.